The molecule has 1 N–H and O–H groups in total. The molecule has 7 nitrogen and oxygen atoms in total. The van der Waals surface area contributed by atoms with Crippen LogP contribution in [0.3, 0.4) is 0 Å². The van der Waals surface area contributed by atoms with Gasteiger partial charge in [-0.2, -0.15) is 0 Å². The predicted molar refractivity (Wildman–Crippen MR) is 109 cm³/mol. The molecule has 0 bridgehead atoms. The number of benzene rings is 1. The third-order valence-electron chi connectivity index (χ3n) is 4.68. The minimum atomic E-state index is -0.157. The fourth-order valence-corrected chi connectivity index (χ4v) is 4.22. The van der Waals surface area contributed by atoms with Crippen LogP contribution in [0.1, 0.15) is 15.6 Å². The maximum atomic E-state index is 12.7. The molecule has 0 aliphatic carbocycles. The van der Waals surface area contributed by atoms with Crippen molar-refractivity contribution in [1.29, 1.82) is 0 Å². The number of anilines is 2. The molecule has 1 aliphatic heterocycles. The number of nitrogens with zero attached hydrogens (tertiary/aromatic N) is 3. The Morgan fingerprint density at radius 3 is 2.86 bits per heavy atom. The van der Waals surface area contributed by atoms with Crippen LogP contribution in [0.15, 0.2) is 40.8 Å². The van der Waals surface area contributed by atoms with E-state index in [1.807, 2.05) is 36.4 Å². The van der Waals surface area contributed by atoms with Gasteiger partial charge in [0.25, 0.3) is 5.91 Å². The monoisotopic (exact) mass is 394 g/mol. The summed E-state index contributed by atoms with van der Waals surface area (Å²) in [5, 5.41) is 3.90. The predicted octanol–water partition coefficient (Wildman–Crippen LogP) is 3.83. The molecule has 1 aliphatic rings. The van der Waals surface area contributed by atoms with Crippen molar-refractivity contribution in [3.05, 3.63) is 47.2 Å². The quantitative estimate of drug-likeness (QED) is 0.569. The first-order valence-corrected chi connectivity index (χ1v) is 9.89. The van der Waals surface area contributed by atoms with Crippen molar-refractivity contribution in [2.75, 3.05) is 36.5 Å². The zero-order valence-electron chi connectivity index (χ0n) is 15.3. The smallest absolute Gasteiger partial charge is 0.265 e. The highest BCUT2D eigenvalue weighted by Gasteiger charge is 2.16. The van der Waals surface area contributed by atoms with Crippen molar-refractivity contribution in [2.24, 2.45) is 0 Å². The van der Waals surface area contributed by atoms with Gasteiger partial charge in [0, 0.05) is 31.1 Å². The number of morpholine rings is 1. The second-order valence-electron chi connectivity index (χ2n) is 6.64. The maximum absolute atomic E-state index is 12.7. The van der Waals surface area contributed by atoms with E-state index in [0.717, 1.165) is 34.6 Å². The fourth-order valence-electron chi connectivity index (χ4n) is 3.30. The normalized spacial score (nSPS) is 14.7. The number of ether oxygens (including phenoxy) is 1. The van der Waals surface area contributed by atoms with Gasteiger partial charge in [-0.15, -0.1) is 11.3 Å². The highest BCUT2D eigenvalue weighted by atomic mass is 32.1. The Balaban J connectivity index is 1.38. The van der Waals surface area contributed by atoms with Crippen LogP contribution in [0.5, 0.6) is 0 Å². The molecule has 0 saturated carbocycles. The van der Waals surface area contributed by atoms with E-state index in [1.54, 1.807) is 6.92 Å². The molecule has 0 radical (unpaired) electrons. The van der Waals surface area contributed by atoms with Crippen LogP contribution in [0.4, 0.5) is 11.5 Å². The van der Waals surface area contributed by atoms with Crippen LogP contribution < -0.4 is 10.2 Å². The van der Waals surface area contributed by atoms with Gasteiger partial charge in [0.2, 0.25) is 0 Å². The number of oxazole rings is 1. The number of nitrogens with one attached hydrogen (secondary N) is 1. The number of hydrogen-bond acceptors (Lipinski definition) is 7. The average molecular weight is 394 g/mol. The first-order valence-electron chi connectivity index (χ1n) is 9.07. The summed E-state index contributed by atoms with van der Waals surface area (Å²) < 4.78 is 10.9. The second kappa shape index (κ2) is 6.88. The molecule has 1 fully saturated rings. The van der Waals surface area contributed by atoms with Gasteiger partial charge in [0.05, 0.1) is 18.1 Å². The molecule has 8 heteroatoms. The van der Waals surface area contributed by atoms with E-state index in [4.69, 9.17) is 14.1 Å². The van der Waals surface area contributed by atoms with Gasteiger partial charge in [-0.1, -0.05) is 0 Å². The number of carbonyl (C=O) groups excluding carboxylic acids is 1. The summed E-state index contributed by atoms with van der Waals surface area (Å²) in [7, 11) is 0. The molecular weight excluding hydrogens is 376 g/mol. The summed E-state index contributed by atoms with van der Waals surface area (Å²) in [6.07, 6.45) is 0. The Morgan fingerprint density at radius 1 is 1.14 bits per heavy atom. The molecule has 1 saturated heterocycles. The maximum Gasteiger partial charge on any atom is 0.265 e. The number of pyridine rings is 1. The van der Waals surface area contributed by atoms with E-state index in [1.165, 1.54) is 11.3 Å². The van der Waals surface area contributed by atoms with Crippen molar-refractivity contribution in [3.8, 4) is 0 Å². The Kier molecular flexibility index (Phi) is 4.22. The molecule has 142 valence electrons. The van der Waals surface area contributed by atoms with E-state index in [9.17, 15) is 4.79 Å². The summed E-state index contributed by atoms with van der Waals surface area (Å²) >= 11 is 1.40. The Hall–Kier alpha value is -2.97. The van der Waals surface area contributed by atoms with E-state index < -0.39 is 0 Å². The van der Waals surface area contributed by atoms with Gasteiger partial charge in [0.1, 0.15) is 16.2 Å². The number of rotatable bonds is 3. The summed E-state index contributed by atoms with van der Waals surface area (Å²) in [4.78, 5) is 25.4. The molecule has 1 aromatic carbocycles. The molecule has 4 aromatic rings. The Labute approximate surface area is 164 Å². The molecule has 3 aromatic heterocycles. The van der Waals surface area contributed by atoms with Crippen molar-refractivity contribution in [2.45, 2.75) is 6.92 Å². The molecule has 5 rings (SSSR count). The summed E-state index contributed by atoms with van der Waals surface area (Å²) in [6, 6.07) is 11.3. The number of thiophene rings is 1. The van der Waals surface area contributed by atoms with E-state index in [2.05, 4.69) is 15.2 Å². The first kappa shape index (κ1) is 17.2. The molecular formula is C20H18N4O3S. The van der Waals surface area contributed by atoms with Crippen molar-refractivity contribution < 1.29 is 13.9 Å². The van der Waals surface area contributed by atoms with Gasteiger partial charge < -0.3 is 19.4 Å². The fraction of sp³-hybridized carbons (Fsp3) is 0.250. The molecule has 28 heavy (non-hydrogen) atoms. The second-order valence-corrected chi connectivity index (χ2v) is 7.67. The third kappa shape index (κ3) is 3.21. The minimum absolute atomic E-state index is 0.157. The van der Waals surface area contributed by atoms with Gasteiger partial charge in [-0.25, -0.2) is 9.97 Å². The van der Waals surface area contributed by atoms with Gasteiger partial charge >= 0.3 is 0 Å². The summed E-state index contributed by atoms with van der Waals surface area (Å²) in [5.74, 6) is 1.37. The van der Waals surface area contributed by atoms with Gasteiger partial charge in [-0.3, -0.25) is 4.79 Å². The number of aromatic nitrogens is 2. The number of fused-ring (bicyclic) bond motifs is 2. The van der Waals surface area contributed by atoms with Crippen LogP contribution in [0.2, 0.25) is 0 Å². The minimum Gasteiger partial charge on any atom is -0.441 e. The van der Waals surface area contributed by atoms with Crippen LogP contribution in [-0.4, -0.2) is 42.2 Å². The van der Waals surface area contributed by atoms with Crippen LogP contribution in [0.25, 0.3) is 21.3 Å². The zero-order chi connectivity index (χ0) is 19.1. The standard InChI is InChI=1S/C20H18N4O3S/c1-12-21-15-11-14(3-4-16(15)27-12)22-19(25)17-10-13-2-5-18(23-20(13)28-17)24-6-8-26-9-7-24/h2-5,10-11H,6-9H2,1H3,(H,22,25). The van der Waals surface area contributed by atoms with Gasteiger partial charge in [-0.05, 0) is 36.4 Å². The number of aryl methyl sites for hydroxylation is 1. The lowest BCUT2D eigenvalue weighted by molar-refractivity contribution is 0.103. The van der Waals surface area contributed by atoms with Crippen LogP contribution in [0, 0.1) is 6.92 Å². The molecule has 0 unspecified atom stereocenters. The molecule has 0 spiro atoms. The SMILES string of the molecule is Cc1nc2cc(NC(=O)c3cc4ccc(N5CCOCC5)nc4s3)ccc2o1. The third-order valence-corrected chi connectivity index (χ3v) is 5.72. The first-order chi connectivity index (χ1) is 13.7. The zero-order valence-corrected chi connectivity index (χ0v) is 16.1. The number of amides is 1. The van der Waals surface area contributed by atoms with Crippen LogP contribution in [-0.2, 0) is 4.74 Å². The lowest BCUT2D eigenvalue weighted by Gasteiger charge is -2.27. The van der Waals surface area contributed by atoms with E-state index >= 15 is 0 Å². The highest BCUT2D eigenvalue weighted by Crippen LogP contribution is 2.28. The topological polar surface area (TPSA) is 80.5 Å². The molecule has 0 atom stereocenters. The lowest BCUT2D eigenvalue weighted by Crippen LogP contribution is -2.36. The van der Waals surface area contributed by atoms with Crippen molar-refractivity contribution in [1.82, 2.24) is 9.97 Å². The molecule has 4 heterocycles. The van der Waals surface area contributed by atoms with Crippen LogP contribution >= 0.6 is 11.3 Å². The largest absolute Gasteiger partial charge is 0.441 e. The highest BCUT2D eigenvalue weighted by molar-refractivity contribution is 7.20. The summed E-state index contributed by atoms with van der Waals surface area (Å²) in [5.41, 5.74) is 2.12. The number of hydrogen-bond donors (Lipinski definition) is 1. The number of carbonyl (C=O) groups is 1. The van der Waals surface area contributed by atoms with Crippen molar-refractivity contribution in [3.63, 3.8) is 0 Å². The van der Waals surface area contributed by atoms with Crippen molar-refractivity contribution >= 4 is 50.1 Å². The van der Waals surface area contributed by atoms with E-state index in [-0.39, 0.29) is 5.91 Å². The molecule has 1 amide bonds. The lowest BCUT2D eigenvalue weighted by atomic mass is 10.2. The Morgan fingerprint density at radius 2 is 2.00 bits per heavy atom. The Bertz CT molecular complexity index is 1180. The summed E-state index contributed by atoms with van der Waals surface area (Å²) in [6.45, 7) is 4.90. The van der Waals surface area contributed by atoms with E-state index in [0.29, 0.717) is 35.3 Å². The average Bonchev–Trinajstić information content (AvgIpc) is 3.30. The van der Waals surface area contributed by atoms with Gasteiger partial charge in [0.15, 0.2) is 11.5 Å².